The van der Waals surface area contributed by atoms with Crippen LogP contribution in [-0.2, 0) is 4.79 Å². The lowest BCUT2D eigenvalue weighted by Gasteiger charge is -2.09. The van der Waals surface area contributed by atoms with Crippen LogP contribution < -0.4 is 10.1 Å². The van der Waals surface area contributed by atoms with Gasteiger partial charge >= 0.3 is 0 Å². The standard InChI is InChI=1S/C17H13BrN2O3/c18-13-5-3-12-9-14(6-4-11(12)8-13)23-10-16(22)20-17-15(21)2-1-7-19-17/h1-9,21H,10H2,(H,19,20,22). The van der Waals surface area contributed by atoms with Crippen molar-refractivity contribution in [3.05, 3.63) is 59.2 Å². The molecular formula is C17H13BrN2O3. The van der Waals surface area contributed by atoms with Gasteiger partial charge in [0.1, 0.15) is 5.75 Å². The molecular weight excluding hydrogens is 360 g/mol. The van der Waals surface area contributed by atoms with Crippen molar-refractivity contribution in [3.63, 3.8) is 0 Å². The minimum Gasteiger partial charge on any atom is -0.504 e. The second-order valence-corrected chi connectivity index (χ2v) is 5.78. The Morgan fingerprint density at radius 3 is 2.78 bits per heavy atom. The van der Waals surface area contributed by atoms with Crippen molar-refractivity contribution in [1.29, 1.82) is 0 Å². The number of benzene rings is 2. The highest BCUT2D eigenvalue weighted by molar-refractivity contribution is 9.10. The largest absolute Gasteiger partial charge is 0.504 e. The maximum Gasteiger partial charge on any atom is 0.263 e. The number of fused-ring (bicyclic) bond motifs is 1. The van der Waals surface area contributed by atoms with Gasteiger partial charge in [-0.1, -0.05) is 28.1 Å². The SMILES string of the molecule is O=C(COc1ccc2cc(Br)ccc2c1)Nc1ncccc1O. The molecule has 2 N–H and O–H groups in total. The summed E-state index contributed by atoms with van der Waals surface area (Å²) < 4.78 is 6.49. The molecule has 0 saturated carbocycles. The molecule has 1 amide bonds. The zero-order valence-electron chi connectivity index (χ0n) is 12.0. The number of aromatic hydroxyl groups is 1. The van der Waals surface area contributed by atoms with Crippen LogP contribution in [0.1, 0.15) is 0 Å². The molecule has 0 aliphatic rings. The number of pyridine rings is 1. The minimum atomic E-state index is -0.394. The van der Waals surface area contributed by atoms with Crippen molar-refractivity contribution < 1.29 is 14.6 Å². The van der Waals surface area contributed by atoms with Gasteiger partial charge in [-0.15, -0.1) is 0 Å². The van der Waals surface area contributed by atoms with E-state index >= 15 is 0 Å². The quantitative estimate of drug-likeness (QED) is 0.731. The number of rotatable bonds is 4. The highest BCUT2D eigenvalue weighted by Crippen LogP contribution is 2.24. The van der Waals surface area contributed by atoms with E-state index in [1.54, 1.807) is 12.1 Å². The number of hydrogen-bond acceptors (Lipinski definition) is 4. The smallest absolute Gasteiger partial charge is 0.263 e. The van der Waals surface area contributed by atoms with Gasteiger partial charge in [0.2, 0.25) is 0 Å². The lowest BCUT2D eigenvalue weighted by atomic mass is 10.1. The molecule has 1 aromatic heterocycles. The Bertz CT molecular complexity index is 867. The van der Waals surface area contributed by atoms with Gasteiger partial charge in [-0.3, -0.25) is 4.79 Å². The van der Waals surface area contributed by atoms with Crippen molar-refractivity contribution >= 4 is 38.4 Å². The number of halogens is 1. The molecule has 0 aliphatic heterocycles. The summed E-state index contributed by atoms with van der Waals surface area (Å²) >= 11 is 3.43. The number of nitrogens with one attached hydrogen (secondary N) is 1. The molecule has 0 bridgehead atoms. The van der Waals surface area contributed by atoms with Gasteiger partial charge < -0.3 is 15.2 Å². The van der Waals surface area contributed by atoms with Crippen LogP contribution >= 0.6 is 15.9 Å². The first kappa shape index (κ1) is 15.3. The molecule has 2 aromatic carbocycles. The number of carbonyl (C=O) groups is 1. The molecule has 3 rings (SSSR count). The predicted octanol–water partition coefficient (Wildman–Crippen LogP) is 3.72. The fourth-order valence-corrected chi connectivity index (χ4v) is 2.47. The first-order valence-electron chi connectivity index (χ1n) is 6.88. The molecule has 116 valence electrons. The Balaban J connectivity index is 1.65. The van der Waals surface area contributed by atoms with Crippen LogP contribution in [0.4, 0.5) is 5.82 Å². The predicted molar refractivity (Wildman–Crippen MR) is 91.7 cm³/mol. The fourth-order valence-electron chi connectivity index (χ4n) is 2.09. The second kappa shape index (κ2) is 6.66. The number of aromatic nitrogens is 1. The van der Waals surface area contributed by atoms with Gasteiger partial charge in [0, 0.05) is 10.7 Å². The normalized spacial score (nSPS) is 10.5. The van der Waals surface area contributed by atoms with Crippen molar-refractivity contribution in [1.82, 2.24) is 4.98 Å². The van der Waals surface area contributed by atoms with E-state index in [0.29, 0.717) is 5.75 Å². The lowest BCUT2D eigenvalue weighted by Crippen LogP contribution is -2.20. The van der Waals surface area contributed by atoms with E-state index in [-0.39, 0.29) is 18.2 Å². The summed E-state index contributed by atoms with van der Waals surface area (Å²) in [6.07, 6.45) is 1.48. The summed E-state index contributed by atoms with van der Waals surface area (Å²) in [5.74, 6) is 0.233. The maximum absolute atomic E-state index is 11.9. The molecule has 23 heavy (non-hydrogen) atoms. The highest BCUT2D eigenvalue weighted by atomic mass is 79.9. The third kappa shape index (κ3) is 3.78. The van der Waals surface area contributed by atoms with Crippen LogP contribution in [-0.4, -0.2) is 22.6 Å². The molecule has 0 aliphatic carbocycles. The van der Waals surface area contributed by atoms with Crippen LogP contribution in [0, 0.1) is 0 Å². The van der Waals surface area contributed by atoms with E-state index in [2.05, 4.69) is 26.2 Å². The minimum absolute atomic E-state index is 0.0860. The highest BCUT2D eigenvalue weighted by Gasteiger charge is 2.08. The van der Waals surface area contributed by atoms with Crippen molar-refractivity contribution in [2.75, 3.05) is 11.9 Å². The molecule has 0 fully saturated rings. The van der Waals surface area contributed by atoms with E-state index in [0.717, 1.165) is 15.2 Å². The summed E-state index contributed by atoms with van der Waals surface area (Å²) in [6, 6.07) is 14.6. The Morgan fingerprint density at radius 1 is 1.17 bits per heavy atom. The maximum atomic E-state index is 11.9. The number of carbonyl (C=O) groups excluding carboxylic acids is 1. The van der Waals surface area contributed by atoms with E-state index in [4.69, 9.17) is 4.74 Å². The zero-order valence-corrected chi connectivity index (χ0v) is 13.6. The Labute approximate surface area is 141 Å². The van der Waals surface area contributed by atoms with E-state index in [1.807, 2.05) is 30.3 Å². The van der Waals surface area contributed by atoms with Crippen molar-refractivity contribution in [3.8, 4) is 11.5 Å². The number of anilines is 1. The molecule has 0 unspecified atom stereocenters. The van der Waals surface area contributed by atoms with Gasteiger partial charge in [0.05, 0.1) is 0 Å². The van der Waals surface area contributed by atoms with Gasteiger partial charge in [-0.2, -0.15) is 0 Å². The average molecular weight is 373 g/mol. The molecule has 5 nitrogen and oxygen atoms in total. The van der Waals surface area contributed by atoms with E-state index in [1.165, 1.54) is 12.3 Å². The molecule has 0 atom stereocenters. The summed E-state index contributed by atoms with van der Waals surface area (Å²) in [5.41, 5.74) is 0. The molecule has 1 heterocycles. The first-order chi connectivity index (χ1) is 11.1. The zero-order chi connectivity index (χ0) is 16.2. The summed E-state index contributed by atoms with van der Waals surface area (Å²) in [6.45, 7) is -0.169. The number of hydrogen-bond donors (Lipinski definition) is 2. The molecule has 6 heteroatoms. The summed E-state index contributed by atoms with van der Waals surface area (Å²) in [5, 5.41) is 14.2. The second-order valence-electron chi connectivity index (χ2n) is 4.86. The number of ether oxygens (including phenoxy) is 1. The summed E-state index contributed by atoms with van der Waals surface area (Å²) in [7, 11) is 0. The lowest BCUT2D eigenvalue weighted by molar-refractivity contribution is -0.118. The Hall–Kier alpha value is -2.60. The van der Waals surface area contributed by atoms with Crippen molar-refractivity contribution in [2.24, 2.45) is 0 Å². The Kier molecular flexibility index (Phi) is 4.43. The average Bonchev–Trinajstić information content (AvgIpc) is 2.55. The first-order valence-corrected chi connectivity index (χ1v) is 7.67. The van der Waals surface area contributed by atoms with Crippen LogP contribution in [0.2, 0.25) is 0 Å². The van der Waals surface area contributed by atoms with Gasteiger partial charge in [-0.25, -0.2) is 4.98 Å². The van der Waals surface area contributed by atoms with E-state index < -0.39 is 5.91 Å². The molecule has 0 spiro atoms. The van der Waals surface area contributed by atoms with Gasteiger partial charge in [0.15, 0.2) is 18.2 Å². The van der Waals surface area contributed by atoms with Crippen LogP contribution in [0.15, 0.2) is 59.2 Å². The third-order valence-corrected chi connectivity index (χ3v) is 3.68. The topological polar surface area (TPSA) is 71.5 Å². The Morgan fingerprint density at radius 2 is 1.96 bits per heavy atom. The van der Waals surface area contributed by atoms with Crippen LogP contribution in [0.25, 0.3) is 10.8 Å². The number of amides is 1. The summed E-state index contributed by atoms with van der Waals surface area (Å²) in [4.78, 5) is 15.7. The monoisotopic (exact) mass is 372 g/mol. The van der Waals surface area contributed by atoms with Crippen LogP contribution in [0.5, 0.6) is 11.5 Å². The molecule has 3 aromatic rings. The van der Waals surface area contributed by atoms with E-state index in [9.17, 15) is 9.90 Å². The fraction of sp³-hybridized carbons (Fsp3) is 0.0588. The third-order valence-electron chi connectivity index (χ3n) is 3.19. The molecule has 0 saturated heterocycles. The van der Waals surface area contributed by atoms with Gasteiger partial charge in [0.25, 0.3) is 5.91 Å². The number of nitrogens with zero attached hydrogens (tertiary/aromatic N) is 1. The van der Waals surface area contributed by atoms with Gasteiger partial charge in [-0.05, 0) is 47.2 Å². The molecule has 0 radical (unpaired) electrons. The van der Waals surface area contributed by atoms with Crippen molar-refractivity contribution in [2.45, 2.75) is 0 Å². The van der Waals surface area contributed by atoms with Crippen LogP contribution in [0.3, 0.4) is 0 Å².